The third-order valence-electron chi connectivity index (χ3n) is 5.04. The van der Waals surface area contributed by atoms with Gasteiger partial charge in [-0.3, -0.25) is 4.90 Å². The second kappa shape index (κ2) is 7.61. The zero-order valence-electron chi connectivity index (χ0n) is 13.7. The highest BCUT2D eigenvalue weighted by molar-refractivity contribution is 5.25. The van der Waals surface area contributed by atoms with Gasteiger partial charge in [0.1, 0.15) is 0 Å². The van der Waals surface area contributed by atoms with E-state index in [2.05, 4.69) is 56.1 Å². The van der Waals surface area contributed by atoms with Crippen LogP contribution in [0.15, 0.2) is 24.3 Å². The minimum atomic E-state index is 0.201. The minimum absolute atomic E-state index is 0.201. The number of nitriles is 1. The molecule has 1 aromatic rings. The lowest BCUT2D eigenvalue weighted by molar-refractivity contribution is 0.115. The lowest BCUT2D eigenvalue weighted by Gasteiger charge is -2.38. The van der Waals surface area contributed by atoms with Gasteiger partial charge in [-0.2, -0.15) is 5.26 Å². The lowest BCUT2D eigenvalue weighted by Crippen LogP contribution is -2.41. The number of rotatable bonds is 5. The molecule has 2 heteroatoms. The van der Waals surface area contributed by atoms with Gasteiger partial charge in [0.05, 0.1) is 12.0 Å². The Morgan fingerprint density at radius 2 is 2.05 bits per heavy atom. The van der Waals surface area contributed by atoms with Crippen molar-refractivity contribution in [3.8, 4) is 6.07 Å². The molecular weight excluding hydrogens is 256 g/mol. The second-order valence-electron chi connectivity index (χ2n) is 6.61. The first-order valence-corrected chi connectivity index (χ1v) is 8.30. The van der Waals surface area contributed by atoms with E-state index in [1.807, 2.05) is 0 Å². The Morgan fingerprint density at radius 3 is 2.71 bits per heavy atom. The van der Waals surface area contributed by atoms with Gasteiger partial charge in [-0.1, -0.05) is 44.0 Å². The third kappa shape index (κ3) is 4.08. The Hall–Kier alpha value is -1.33. The van der Waals surface area contributed by atoms with Gasteiger partial charge < -0.3 is 0 Å². The van der Waals surface area contributed by atoms with Gasteiger partial charge in [0, 0.05) is 12.6 Å². The van der Waals surface area contributed by atoms with Crippen molar-refractivity contribution in [1.82, 2.24) is 4.90 Å². The molecule has 21 heavy (non-hydrogen) atoms. The molecule has 0 radical (unpaired) electrons. The first kappa shape index (κ1) is 16.0. The molecule has 0 amide bonds. The zero-order valence-corrected chi connectivity index (χ0v) is 13.7. The van der Waals surface area contributed by atoms with Crippen LogP contribution in [-0.2, 0) is 6.54 Å². The van der Waals surface area contributed by atoms with Crippen LogP contribution in [0.3, 0.4) is 0 Å². The van der Waals surface area contributed by atoms with E-state index in [9.17, 15) is 5.26 Å². The Bertz CT molecular complexity index is 489. The van der Waals surface area contributed by atoms with Gasteiger partial charge in [-0.15, -0.1) is 0 Å². The maximum Gasteiger partial charge on any atom is 0.0672 e. The maximum atomic E-state index is 9.47. The van der Waals surface area contributed by atoms with Crippen molar-refractivity contribution < 1.29 is 0 Å². The van der Waals surface area contributed by atoms with Gasteiger partial charge >= 0.3 is 0 Å². The van der Waals surface area contributed by atoms with Crippen molar-refractivity contribution in [2.45, 2.75) is 58.5 Å². The van der Waals surface area contributed by atoms with E-state index in [0.717, 1.165) is 18.9 Å². The van der Waals surface area contributed by atoms with Crippen molar-refractivity contribution in [1.29, 1.82) is 5.26 Å². The molecule has 0 spiro atoms. The minimum Gasteiger partial charge on any atom is -0.298 e. The molecule has 1 aliphatic carbocycles. The zero-order chi connectivity index (χ0) is 15.2. The van der Waals surface area contributed by atoms with E-state index in [1.165, 1.54) is 36.8 Å². The summed E-state index contributed by atoms with van der Waals surface area (Å²) in [6.45, 7) is 5.39. The van der Waals surface area contributed by atoms with Crippen LogP contribution in [0.1, 0.15) is 50.2 Å². The standard InChI is InChI=1S/C19H28N2/c1-4-7-16-10-11-17(13-20)19(12-16)21(3)14-18-9-6-5-8-15(18)2/h5-6,8-9,16-17,19H,4,7,10-12,14H2,1-3H3. The third-order valence-corrected chi connectivity index (χ3v) is 5.04. The van der Waals surface area contributed by atoms with E-state index in [4.69, 9.17) is 0 Å². The Kier molecular flexibility index (Phi) is 5.82. The molecule has 0 N–H and O–H groups in total. The summed E-state index contributed by atoms with van der Waals surface area (Å²) in [5.74, 6) is 1.01. The summed E-state index contributed by atoms with van der Waals surface area (Å²) in [5, 5.41) is 9.47. The van der Waals surface area contributed by atoms with Gasteiger partial charge in [0.2, 0.25) is 0 Å². The van der Waals surface area contributed by atoms with Gasteiger partial charge in [0.25, 0.3) is 0 Å². The summed E-state index contributed by atoms with van der Waals surface area (Å²) in [6.07, 6.45) is 6.07. The topological polar surface area (TPSA) is 27.0 Å². The lowest BCUT2D eigenvalue weighted by atomic mass is 9.76. The first-order chi connectivity index (χ1) is 10.2. The molecule has 1 aliphatic rings. The molecule has 3 unspecified atom stereocenters. The molecule has 0 aromatic heterocycles. The molecule has 0 heterocycles. The van der Waals surface area contributed by atoms with E-state index in [1.54, 1.807) is 0 Å². The van der Waals surface area contributed by atoms with Gasteiger partial charge in [-0.25, -0.2) is 0 Å². The van der Waals surface area contributed by atoms with Crippen LogP contribution >= 0.6 is 0 Å². The molecular formula is C19H28N2. The highest BCUT2D eigenvalue weighted by Crippen LogP contribution is 2.34. The fourth-order valence-corrected chi connectivity index (χ4v) is 3.71. The highest BCUT2D eigenvalue weighted by Gasteiger charge is 2.32. The fourth-order valence-electron chi connectivity index (χ4n) is 3.71. The molecule has 3 atom stereocenters. The van der Waals surface area contributed by atoms with Crippen LogP contribution in [0, 0.1) is 30.1 Å². The van der Waals surface area contributed by atoms with Crippen LogP contribution in [-0.4, -0.2) is 18.0 Å². The summed E-state index contributed by atoms with van der Waals surface area (Å²) >= 11 is 0. The second-order valence-corrected chi connectivity index (χ2v) is 6.61. The molecule has 1 saturated carbocycles. The van der Waals surface area contributed by atoms with Gasteiger partial charge in [0.15, 0.2) is 0 Å². The van der Waals surface area contributed by atoms with Crippen molar-refractivity contribution in [3.63, 3.8) is 0 Å². The van der Waals surface area contributed by atoms with E-state index >= 15 is 0 Å². The average Bonchev–Trinajstić information content (AvgIpc) is 2.50. The number of aryl methyl sites for hydroxylation is 1. The number of nitrogens with zero attached hydrogens (tertiary/aromatic N) is 2. The van der Waals surface area contributed by atoms with Crippen molar-refractivity contribution in [3.05, 3.63) is 35.4 Å². The maximum absolute atomic E-state index is 9.47. The predicted octanol–water partition coefficient (Wildman–Crippen LogP) is 4.54. The molecule has 114 valence electrons. The average molecular weight is 284 g/mol. The van der Waals surface area contributed by atoms with Crippen LogP contribution < -0.4 is 0 Å². The quantitative estimate of drug-likeness (QED) is 0.794. The summed E-state index contributed by atoms with van der Waals surface area (Å²) in [4.78, 5) is 2.41. The Morgan fingerprint density at radius 1 is 1.29 bits per heavy atom. The fraction of sp³-hybridized carbons (Fsp3) is 0.632. The summed E-state index contributed by atoms with van der Waals surface area (Å²) in [6, 6.07) is 11.6. The van der Waals surface area contributed by atoms with Crippen molar-refractivity contribution >= 4 is 0 Å². The molecule has 2 nitrogen and oxygen atoms in total. The summed E-state index contributed by atoms with van der Waals surface area (Å²) in [5.41, 5.74) is 2.73. The Balaban J connectivity index is 2.06. The summed E-state index contributed by atoms with van der Waals surface area (Å²) in [7, 11) is 2.19. The van der Waals surface area contributed by atoms with Gasteiger partial charge in [-0.05, 0) is 50.3 Å². The molecule has 1 fully saturated rings. The molecule has 0 saturated heterocycles. The number of hydrogen-bond acceptors (Lipinski definition) is 2. The van der Waals surface area contributed by atoms with Crippen molar-refractivity contribution in [2.24, 2.45) is 11.8 Å². The van der Waals surface area contributed by atoms with E-state index < -0.39 is 0 Å². The largest absolute Gasteiger partial charge is 0.298 e. The number of hydrogen-bond donors (Lipinski definition) is 0. The van der Waals surface area contributed by atoms with Crippen LogP contribution in [0.25, 0.3) is 0 Å². The number of benzene rings is 1. The molecule has 0 aliphatic heterocycles. The first-order valence-electron chi connectivity index (χ1n) is 8.30. The molecule has 0 bridgehead atoms. The van der Waals surface area contributed by atoms with E-state index in [-0.39, 0.29) is 5.92 Å². The van der Waals surface area contributed by atoms with Crippen molar-refractivity contribution in [2.75, 3.05) is 7.05 Å². The Labute approximate surface area is 129 Å². The highest BCUT2D eigenvalue weighted by atomic mass is 15.1. The predicted molar refractivity (Wildman–Crippen MR) is 87.8 cm³/mol. The normalized spacial score (nSPS) is 25.8. The smallest absolute Gasteiger partial charge is 0.0672 e. The summed E-state index contributed by atoms with van der Waals surface area (Å²) < 4.78 is 0. The molecule has 2 rings (SSSR count). The SMILES string of the molecule is CCCC1CCC(C#N)C(N(C)Cc2ccccc2C)C1. The monoisotopic (exact) mass is 284 g/mol. The molecule has 1 aromatic carbocycles. The van der Waals surface area contributed by atoms with E-state index in [0.29, 0.717) is 6.04 Å². The van der Waals surface area contributed by atoms with Crippen LogP contribution in [0.2, 0.25) is 0 Å². The van der Waals surface area contributed by atoms with Crippen LogP contribution in [0.4, 0.5) is 0 Å². The van der Waals surface area contributed by atoms with Crippen LogP contribution in [0.5, 0.6) is 0 Å².